The molecular formula is C16H20FNOS. The maximum atomic E-state index is 13.3. The van der Waals surface area contributed by atoms with E-state index in [1.807, 2.05) is 13.0 Å². The van der Waals surface area contributed by atoms with Crippen LogP contribution >= 0.6 is 11.3 Å². The summed E-state index contributed by atoms with van der Waals surface area (Å²) in [5.41, 5.74) is 0.595. The van der Waals surface area contributed by atoms with Crippen LogP contribution < -0.4 is 5.32 Å². The van der Waals surface area contributed by atoms with Gasteiger partial charge in [0.05, 0.1) is 0 Å². The van der Waals surface area contributed by atoms with Crippen molar-refractivity contribution in [3.63, 3.8) is 0 Å². The first-order valence-electron chi connectivity index (χ1n) is 6.66. The maximum absolute atomic E-state index is 13.3. The van der Waals surface area contributed by atoms with Crippen LogP contribution in [0.25, 0.3) is 0 Å². The lowest BCUT2D eigenvalue weighted by molar-refractivity contribution is 0.419. The molecule has 1 atom stereocenters. The van der Waals surface area contributed by atoms with Crippen molar-refractivity contribution in [1.29, 1.82) is 0 Å². The molecule has 0 bridgehead atoms. The molecule has 1 heterocycles. The summed E-state index contributed by atoms with van der Waals surface area (Å²) in [6.45, 7) is 7.03. The van der Waals surface area contributed by atoms with E-state index in [9.17, 15) is 9.50 Å². The predicted octanol–water partition coefficient (Wildman–Crippen LogP) is 4.22. The molecule has 0 fully saturated rings. The molecule has 0 aliphatic carbocycles. The van der Waals surface area contributed by atoms with Crippen LogP contribution in [0.2, 0.25) is 0 Å². The summed E-state index contributed by atoms with van der Waals surface area (Å²) < 4.78 is 13.3. The Morgan fingerprint density at radius 1 is 1.35 bits per heavy atom. The predicted molar refractivity (Wildman–Crippen MR) is 81.8 cm³/mol. The van der Waals surface area contributed by atoms with Gasteiger partial charge in [-0.25, -0.2) is 4.39 Å². The minimum atomic E-state index is -0.330. The van der Waals surface area contributed by atoms with Crippen LogP contribution in [0.15, 0.2) is 35.7 Å². The van der Waals surface area contributed by atoms with Gasteiger partial charge in [0.1, 0.15) is 11.6 Å². The number of benzene rings is 1. The molecule has 0 spiro atoms. The molecule has 2 rings (SSSR count). The van der Waals surface area contributed by atoms with Gasteiger partial charge in [-0.05, 0) is 36.6 Å². The van der Waals surface area contributed by atoms with Gasteiger partial charge in [0.15, 0.2) is 0 Å². The van der Waals surface area contributed by atoms with Crippen molar-refractivity contribution in [2.75, 3.05) is 6.54 Å². The van der Waals surface area contributed by atoms with Gasteiger partial charge in [-0.3, -0.25) is 0 Å². The Bertz CT molecular complexity index is 566. The Kier molecular flexibility index (Phi) is 4.45. The number of hydrogen-bond acceptors (Lipinski definition) is 3. The Balaban J connectivity index is 2.05. The molecular weight excluding hydrogens is 273 g/mol. The van der Waals surface area contributed by atoms with E-state index < -0.39 is 0 Å². The maximum Gasteiger partial charge on any atom is 0.123 e. The highest BCUT2D eigenvalue weighted by molar-refractivity contribution is 7.10. The second kappa shape index (κ2) is 5.94. The van der Waals surface area contributed by atoms with Crippen molar-refractivity contribution >= 4 is 11.3 Å². The van der Waals surface area contributed by atoms with Crippen molar-refractivity contribution in [1.82, 2.24) is 5.32 Å². The van der Waals surface area contributed by atoms with Gasteiger partial charge in [-0.2, -0.15) is 0 Å². The van der Waals surface area contributed by atoms with Crippen LogP contribution in [0.3, 0.4) is 0 Å². The molecule has 2 aromatic rings. The number of phenols is 1. The third-order valence-electron chi connectivity index (χ3n) is 3.49. The first-order chi connectivity index (χ1) is 9.40. The highest BCUT2D eigenvalue weighted by Gasteiger charge is 2.23. The molecule has 1 aromatic heterocycles. The fourth-order valence-electron chi connectivity index (χ4n) is 2.14. The smallest absolute Gasteiger partial charge is 0.123 e. The Hall–Kier alpha value is -1.39. The summed E-state index contributed by atoms with van der Waals surface area (Å²) in [5, 5.41) is 15.3. The molecule has 1 unspecified atom stereocenters. The largest absolute Gasteiger partial charge is 0.508 e. The number of hydrogen-bond donors (Lipinski definition) is 2. The van der Waals surface area contributed by atoms with Gasteiger partial charge in [0.2, 0.25) is 0 Å². The van der Waals surface area contributed by atoms with Gasteiger partial charge in [-0.15, -0.1) is 11.3 Å². The average molecular weight is 293 g/mol. The van der Waals surface area contributed by atoms with E-state index in [1.54, 1.807) is 11.3 Å². The van der Waals surface area contributed by atoms with E-state index in [-0.39, 0.29) is 23.0 Å². The van der Waals surface area contributed by atoms with Crippen LogP contribution in [0, 0.1) is 5.82 Å². The summed E-state index contributed by atoms with van der Waals surface area (Å²) in [6, 6.07) is 8.10. The third kappa shape index (κ3) is 3.38. The Morgan fingerprint density at radius 3 is 2.75 bits per heavy atom. The molecule has 1 aromatic carbocycles. The van der Waals surface area contributed by atoms with Gasteiger partial charge in [0, 0.05) is 28.4 Å². The van der Waals surface area contributed by atoms with Crippen molar-refractivity contribution in [3.8, 4) is 5.75 Å². The first kappa shape index (κ1) is 15.0. The summed E-state index contributed by atoms with van der Waals surface area (Å²) in [5.74, 6) is -0.204. The molecule has 20 heavy (non-hydrogen) atoms. The minimum absolute atomic E-state index is 0.00533. The monoisotopic (exact) mass is 293 g/mol. The molecule has 2 nitrogen and oxygen atoms in total. The summed E-state index contributed by atoms with van der Waals surface area (Å²) in [7, 11) is 0. The molecule has 2 N–H and O–H groups in total. The van der Waals surface area contributed by atoms with Gasteiger partial charge in [-0.1, -0.05) is 19.9 Å². The van der Waals surface area contributed by atoms with Crippen molar-refractivity contribution < 1.29 is 9.50 Å². The van der Waals surface area contributed by atoms with E-state index in [0.717, 1.165) is 6.54 Å². The van der Waals surface area contributed by atoms with E-state index in [4.69, 9.17) is 0 Å². The molecule has 0 saturated heterocycles. The SMILES string of the molecule is CC(NCC(C)(C)c1cccs1)c1cc(F)ccc1O. The second-order valence-corrected chi connectivity index (χ2v) is 6.61. The minimum Gasteiger partial charge on any atom is -0.508 e. The van der Waals surface area contributed by atoms with Crippen molar-refractivity contribution in [3.05, 3.63) is 52.0 Å². The Morgan fingerprint density at radius 2 is 2.10 bits per heavy atom. The lowest BCUT2D eigenvalue weighted by Gasteiger charge is -2.26. The standard InChI is InChI=1S/C16H20FNOS/c1-11(13-9-12(17)6-7-14(13)19)18-10-16(2,3)15-5-4-8-20-15/h4-9,11,18-19H,10H2,1-3H3. The number of phenolic OH excluding ortho intramolecular Hbond substituents is 1. The summed E-state index contributed by atoms with van der Waals surface area (Å²) >= 11 is 1.73. The quantitative estimate of drug-likeness (QED) is 0.865. The van der Waals surface area contributed by atoms with E-state index >= 15 is 0 Å². The zero-order chi connectivity index (χ0) is 14.8. The van der Waals surface area contributed by atoms with Gasteiger partial charge in [0.25, 0.3) is 0 Å². The van der Waals surface area contributed by atoms with Crippen molar-refractivity contribution in [2.24, 2.45) is 0 Å². The zero-order valence-corrected chi connectivity index (χ0v) is 12.8. The fourth-order valence-corrected chi connectivity index (χ4v) is 2.99. The molecule has 0 saturated carbocycles. The van der Waals surface area contributed by atoms with Crippen molar-refractivity contribution in [2.45, 2.75) is 32.2 Å². The molecule has 4 heteroatoms. The summed E-state index contributed by atoms with van der Waals surface area (Å²) in [6.07, 6.45) is 0. The summed E-state index contributed by atoms with van der Waals surface area (Å²) in [4.78, 5) is 1.31. The molecule has 0 radical (unpaired) electrons. The molecule has 108 valence electrons. The zero-order valence-electron chi connectivity index (χ0n) is 12.0. The Labute approximate surface area is 123 Å². The van der Waals surface area contributed by atoms with Crippen LogP contribution in [0.5, 0.6) is 5.75 Å². The molecule has 0 amide bonds. The van der Waals surface area contributed by atoms with Gasteiger partial charge < -0.3 is 10.4 Å². The van der Waals surface area contributed by atoms with Crippen LogP contribution in [0.4, 0.5) is 4.39 Å². The molecule has 0 aliphatic heterocycles. The lowest BCUT2D eigenvalue weighted by Crippen LogP contribution is -2.33. The number of aromatic hydroxyl groups is 1. The fraction of sp³-hybridized carbons (Fsp3) is 0.375. The number of rotatable bonds is 5. The highest BCUT2D eigenvalue weighted by atomic mass is 32.1. The van der Waals surface area contributed by atoms with Crippen LogP contribution in [-0.4, -0.2) is 11.7 Å². The normalized spacial score (nSPS) is 13.4. The number of halogens is 1. The highest BCUT2D eigenvalue weighted by Crippen LogP contribution is 2.29. The second-order valence-electron chi connectivity index (χ2n) is 5.67. The third-order valence-corrected chi connectivity index (χ3v) is 4.73. The van der Waals surface area contributed by atoms with E-state index in [0.29, 0.717) is 5.56 Å². The molecule has 0 aliphatic rings. The topological polar surface area (TPSA) is 32.3 Å². The van der Waals surface area contributed by atoms with Gasteiger partial charge >= 0.3 is 0 Å². The van der Waals surface area contributed by atoms with E-state index in [2.05, 4.69) is 30.6 Å². The first-order valence-corrected chi connectivity index (χ1v) is 7.54. The number of thiophene rings is 1. The number of nitrogens with one attached hydrogen (secondary N) is 1. The van der Waals surface area contributed by atoms with Crippen LogP contribution in [-0.2, 0) is 5.41 Å². The van der Waals surface area contributed by atoms with Crippen LogP contribution in [0.1, 0.15) is 37.3 Å². The average Bonchev–Trinajstić information content (AvgIpc) is 2.93. The lowest BCUT2D eigenvalue weighted by atomic mass is 9.91. The van der Waals surface area contributed by atoms with E-state index in [1.165, 1.54) is 23.1 Å².